The van der Waals surface area contributed by atoms with Gasteiger partial charge in [-0.15, -0.1) is 0 Å². The molecular weight excluding hydrogens is 246 g/mol. The molecule has 1 aliphatic heterocycles. The first-order valence-corrected chi connectivity index (χ1v) is 6.98. The molecule has 1 fully saturated rings. The number of ether oxygens (including phenoxy) is 1. The van der Waals surface area contributed by atoms with Crippen molar-refractivity contribution in [2.45, 2.75) is 45.2 Å². The van der Waals surface area contributed by atoms with Crippen LogP contribution in [0.2, 0.25) is 0 Å². The molecule has 1 heterocycles. The summed E-state index contributed by atoms with van der Waals surface area (Å²) in [6.07, 6.45) is 2.57. The van der Waals surface area contributed by atoms with E-state index in [9.17, 15) is 9.59 Å². The molecule has 0 radical (unpaired) electrons. The van der Waals surface area contributed by atoms with Crippen molar-refractivity contribution in [2.24, 2.45) is 5.73 Å². The van der Waals surface area contributed by atoms with Crippen LogP contribution in [0, 0.1) is 0 Å². The molecule has 1 rings (SSSR count). The predicted molar refractivity (Wildman–Crippen MR) is 72.5 cm³/mol. The highest BCUT2D eigenvalue weighted by molar-refractivity contribution is 5.89. The quantitative estimate of drug-likeness (QED) is 0.704. The molecule has 2 amide bonds. The van der Waals surface area contributed by atoms with Gasteiger partial charge in [-0.1, -0.05) is 19.8 Å². The lowest BCUT2D eigenvalue weighted by molar-refractivity contribution is -0.139. The van der Waals surface area contributed by atoms with Gasteiger partial charge in [0.05, 0.1) is 19.3 Å². The van der Waals surface area contributed by atoms with E-state index < -0.39 is 12.1 Å². The Morgan fingerprint density at radius 1 is 1.37 bits per heavy atom. The lowest BCUT2D eigenvalue weighted by Gasteiger charge is -2.29. The fourth-order valence-electron chi connectivity index (χ4n) is 1.99. The van der Waals surface area contributed by atoms with Gasteiger partial charge in [-0.05, 0) is 13.3 Å². The minimum absolute atomic E-state index is 0.0701. The smallest absolute Gasteiger partial charge is 0.245 e. The van der Waals surface area contributed by atoms with Crippen molar-refractivity contribution in [1.29, 1.82) is 0 Å². The molecule has 2 unspecified atom stereocenters. The lowest BCUT2D eigenvalue weighted by atomic mass is 10.1. The van der Waals surface area contributed by atoms with Gasteiger partial charge in [-0.2, -0.15) is 0 Å². The van der Waals surface area contributed by atoms with E-state index in [-0.39, 0.29) is 11.8 Å². The second-order valence-corrected chi connectivity index (χ2v) is 4.92. The first-order chi connectivity index (χ1) is 9.06. The molecule has 3 N–H and O–H groups in total. The third-order valence-corrected chi connectivity index (χ3v) is 3.26. The van der Waals surface area contributed by atoms with Crippen molar-refractivity contribution >= 4 is 11.8 Å². The summed E-state index contributed by atoms with van der Waals surface area (Å²) in [5.74, 6) is -0.318. The van der Waals surface area contributed by atoms with Crippen LogP contribution < -0.4 is 11.1 Å². The molecule has 110 valence electrons. The zero-order valence-electron chi connectivity index (χ0n) is 11.9. The number of morpholine rings is 1. The highest BCUT2D eigenvalue weighted by Gasteiger charge is 2.25. The Bertz CT molecular complexity index is 304. The van der Waals surface area contributed by atoms with Crippen LogP contribution >= 0.6 is 0 Å². The molecule has 19 heavy (non-hydrogen) atoms. The molecule has 6 nitrogen and oxygen atoms in total. The van der Waals surface area contributed by atoms with Crippen LogP contribution in [0.15, 0.2) is 0 Å². The zero-order chi connectivity index (χ0) is 14.3. The summed E-state index contributed by atoms with van der Waals surface area (Å²) in [7, 11) is 0. The van der Waals surface area contributed by atoms with E-state index in [2.05, 4.69) is 12.2 Å². The lowest BCUT2D eigenvalue weighted by Crippen LogP contribution is -2.53. The normalized spacial score (nSPS) is 18.8. The first kappa shape index (κ1) is 15.9. The van der Waals surface area contributed by atoms with Gasteiger partial charge in [0.15, 0.2) is 0 Å². The Balaban J connectivity index is 2.37. The summed E-state index contributed by atoms with van der Waals surface area (Å²) < 4.78 is 5.19. The number of nitrogens with zero attached hydrogens (tertiary/aromatic N) is 1. The highest BCUT2D eigenvalue weighted by atomic mass is 16.5. The second kappa shape index (κ2) is 8.12. The number of carbonyl (C=O) groups is 2. The average molecular weight is 271 g/mol. The van der Waals surface area contributed by atoms with Crippen molar-refractivity contribution in [3.8, 4) is 0 Å². The highest BCUT2D eigenvalue weighted by Crippen LogP contribution is 2.02. The third kappa shape index (κ3) is 5.16. The first-order valence-electron chi connectivity index (χ1n) is 6.98. The predicted octanol–water partition coefficient (Wildman–Crippen LogP) is -0.133. The minimum atomic E-state index is -0.529. The summed E-state index contributed by atoms with van der Waals surface area (Å²) in [6.45, 7) is 6.03. The molecule has 0 bridgehead atoms. The molecule has 0 spiro atoms. The van der Waals surface area contributed by atoms with Gasteiger partial charge in [0.2, 0.25) is 11.8 Å². The standard InChI is InChI=1S/C13H25N3O3/c1-3-4-5-11(14)12(17)15-10(2)13(18)16-6-8-19-9-7-16/h10-11H,3-9,14H2,1-2H3,(H,15,17). The van der Waals surface area contributed by atoms with Crippen molar-refractivity contribution in [2.75, 3.05) is 26.3 Å². The zero-order valence-corrected chi connectivity index (χ0v) is 11.9. The van der Waals surface area contributed by atoms with Gasteiger partial charge in [-0.3, -0.25) is 9.59 Å². The fraction of sp³-hybridized carbons (Fsp3) is 0.846. The average Bonchev–Trinajstić information content (AvgIpc) is 2.44. The fourth-order valence-corrected chi connectivity index (χ4v) is 1.99. The van der Waals surface area contributed by atoms with Crippen molar-refractivity contribution < 1.29 is 14.3 Å². The number of amides is 2. The van der Waals surface area contributed by atoms with E-state index in [1.165, 1.54) is 0 Å². The molecule has 0 aromatic rings. The second-order valence-electron chi connectivity index (χ2n) is 4.92. The number of rotatable bonds is 6. The van der Waals surface area contributed by atoms with E-state index in [1.807, 2.05) is 0 Å². The van der Waals surface area contributed by atoms with Crippen LogP contribution in [0.5, 0.6) is 0 Å². The van der Waals surface area contributed by atoms with Crippen molar-refractivity contribution in [3.63, 3.8) is 0 Å². The van der Waals surface area contributed by atoms with Gasteiger partial charge < -0.3 is 20.7 Å². The summed E-state index contributed by atoms with van der Waals surface area (Å²) in [5.41, 5.74) is 5.77. The molecule has 1 aliphatic rings. The summed E-state index contributed by atoms with van der Waals surface area (Å²) in [4.78, 5) is 25.6. The number of carbonyl (C=O) groups excluding carboxylic acids is 2. The minimum Gasteiger partial charge on any atom is -0.378 e. The molecule has 2 atom stereocenters. The summed E-state index contributed by atoms with van der Waals surface area (Å²) in [5, 5.41) is 2.69. The monoisotopic (exact) mass is 271 g/mol. The van der Waals surface area contributed by atoms with Crippen LogP contribution in [-0.2, 0) is 14.3 Å². The number of nitrogens with two attached hydrogens (primary N) is 1. The Hall–Kier alpha value is -1.14. The molecule has 0 aromatic carbocycles. The van der Waals surface area contributed by atoms with Gasteiger partial charge in [-0.25, -0.2) is 0 Å². The molecule has 0 aromatic heterocycles. The molecule has 0 saturated carbocycles. The van der Waals surface area contributed by atoms with Crippen LogP contribution in [0.25, 0.3) is 0 Å². The third-order valence-electron chi connectivity index (χ3n) is 3.26. The van der Waals surface area contributed by atoms with E-state index in [0.717, 1.165) is 12.8 Å². The largest absolute Gasteiger partial charge is 0.378 e. The van der Waals surface area contributed by atoms with E-state index >= 15 is 0 Å². The topological polar surface area (TPSA) is 84.7 Å². The Morgan fingerprint density at radius 2 is 2.00 bits per heavy atom. The van der Waals surface area contributed by atoms with E-state index in [0.29, 0.717) is 32.7 Å². The summed E-state index contributed by atoms with van der Waals surface area (Å²) >= 11 is 0. The summed E-state index contributed by atoms with van der Waals surface area (Å²) in [6, 6.07) is -1.06. The number of unbranched alkanes of at least 4 members (excludes halogenated alkanes) is 1. The van der Waals surface area contributed by atoms with Crippen molar-refractivity contribution in [1.82, 2.24) is 10.2 Å². The van der Waals surface area contributed by atoms with Crippen LogP contribution in [0.3, 0.4) is 0 Å². The van der Waals surface area contributed by atoms with Gasteiger partial charge in [0.25, 0.3) is 0 Å². The number of hydrogen-bond donors (Lipinski definition) is 2. The van der Waals surface area contributed by atoms with Gasteiger partial charge in [0, 0.05) is 13.1 Å². The van der Waals surface area contributed by atoms with Crippen LogP contribution in [-0.4, -0.2) is 55.1 Å². The van der Waals surface area contributed by atoms with Crippen LogP contribution in [0.4, 0.5) is 0 Å². The maximum atomic E-state index is 12.1. The number of hydrogen-bond acceptors (Lipinski definition) is 4. The molecular formula is C13H25N3O3. The molecule has 6 heteroatoms. The van der Waals surface area contributed by atoms with Crippen molar-refractivity contribution in [3.05, 3.63) is 0 Å². The SMILES string of the molecule is CCCCC(N)C(=O)NC(C)C(=O)N1CCOCC1. The Labute approximate surface area is 114 Å². The number of nitrogens with one attached hydrogen (secondary N) is 1. The molecule has 0 aliphatic carbocycles. The van der Waals surface area contributed by atoms with Gasteiger partial charge in [0.1, 0.15) is 6.04 Å². The Kier molecular flexibility index (Phi) is 6.80. The van der Waals surface area contributed by atoms with E-state index in [1.54, 1.807) is 11.8 Å². The Morgan fingerprint density at radius 3 is 2.58 bits per heavy atom. The van der Waals surface area contributed by atoms with E-state index in [4.69, 9.17) is 10.5 Å². The maximum Gasteiger partial charge on any atom is 0.245 e. The van der Waals surface area contributed by atoms with Gasteiger partial charge >= 0.3 is 0 Å². The molecule has 1 saturated heterocycles. The van der Waals surface area contributed by atoms with Crippen LogP contribution in [0.1, 0.15) is 33.1 Å². The maximum absolute atomic E-state index is 12.1.